The molecule has 2 rings (SSSR count). The van der Waals surface area contributed by atoms with Gasteiger partial charge in [-0.15, -0.1) is 0 Å². The summed E-state index contributed by atoms with van der Waals surface area (Å²) in [4.78, 5) is 0. The molecule has 0 unspecified atom stereocenters. The molecule has 0 heterocycles. The highest BCUT2D eigenvalue weighted by molar-refractivity contribution is 6.42. The third-order valence-corrected chi connectivity index (χ3v) is 3.76. The minimum atomic E-state index is -0.261. The van der Waals surface area contributed by atoms with Gasteiger partial charge in [-0.05, 0) is 48.4 Å². The largest absolute Gasteiger partial charge is 0.313 e. The SMILES string of the molecule is CCCNCc1ccc(F)c(-c2ccc(Cl)c(Cl)c2)c1. The van der Waals surface area contributed by atoms with Crippen molar-refractivity contribution in [2.45, 2.75) is 19.9 Å². The summed E-state index contributed by atoms with van der Waals surface area (Å²) >= 11 is 11.9. The molecule has 0 saturated heterocycles. The molecule has 2 aromatic rings. The van der Waals surface area contributed by atoms with Crippen molar-refractivity contribution in [1.82, 2.24) is 5.32 Å². The molecule has 20 heavy (non-hydrogen) atoms. The Morgan fingerprint density at radius 1 is 1.05 bits per heavy atom. The molecule has 0 atom stereocenters. The Bertz CT molecular complexity index is 599. The number of halogens is 3. The van der Waals surface area contributed by atoms with Crippen LogP contribution in [0.4, 0.5) is 4.39 Å². The Morgan fingerprint density at radius 3 is 2.55 bits per heavy atom. The van der Waals surface area contributed by atoms with Crippen LogP contribution in [0, 0.1) is 5.82 Å². The molecule has 0 radical (unpaired) electrons. The molecule has 4 heteroatoms. The maximum absolute atomic E-state index is 14.0. The third kappa shape index (κ3) is 3.72. The van der Waals surface area contributed by atoms with E-state index in [1.807, 2.05) is 6.07 Å². The molecule has 1 N–H and O–H groups in total. The fraction of sp³-hybridized carbons (Fsp3) is 0.250. The van der Waals surface area contributed by atoms with Crippen LogP contribution >= 0.6 is 23.2 Å². The molecule has 0 saturated carbocycles. The average Bonchev–Trinajstić information content (AvgIpc) is 2.44. The maximum Gasteiger partial charge on any atom is 0.131 e. The topological polar surface area (TPSA) is 12.0 Å². The Kier molecular flexibility index (Phi) is 5.41. The van der Waals surface area contributed by atoms with Crippen LogP contribution in [0.25, 0.3) is 11.1 Å². The quantitative estimate of drug-likeness (QED) is 0.739. The van der Waals surface area contributed by atoms with E-state index in [0.717, 1.165) is 30.6 Å². The highest BCUT2D eigenvalue weighted by Gasteiger charge is 2.08. The summed E-state index contributed by atoms with van der Waals surface area (Å²) in [6, 6.07) is 10.3. The molecule has 0 aliphatic carbocycles. The highest BCUT2D eigenvalue weighted by atomic mass is 35.5. The molecule has 1 nitrogen and oxygen atoms in total. The maximum atomic E-state index is 14.0. The fourth-order valence-corrected chi connectivity index (χ4v) is 2.27. The molecule has 0 bridgehead atoms. The van der Waals surface area contributed by atoms with Crippen LogP contribution in [0.1, 0.15) is 18.9 Å². The van der Waals surface area contributed by atoms with Gasteiger partial charge in [-0.1, -0.05) is 42.3 Å². The first-order chi connectivity index (χ1) is 9.61. The van der Waals surface area contributed by atoms with Crippen molar-refractivity contribution in [3.8, 4) is 11.1 Å². The standard InChI is InChI=1S/C16H16Cl2FN/c1-2-7-20-10-11-3-6-16(19)13(8-11)12-4-5-14(17)15(18)9-12/h3-6,8-9,20H,2,7,10H2,1H3. The van der Waals surface area contributed by atoms with E-state index in [2.05, 4.69) is 12.2 Å². The van der Waals surface area contributed by atoms with Gasteiger partial charge in [0.05, 0.1) is 10.0 Å². The van der Waals surface area contributed by atoms with Gasteiger partial charge in [0, 0.05) is 12.1 Å². The van der Waals surface area contributed by atoms with Crippen LogP contribution < -0.4 is 5.32 Å². The summed E-state index contributed by atoms with van der Waals surface area (Å²) < 4.78 is 14.0. The van der Waals surface area contributed by atoms with Crippen molar-refractivity contribution in [2.75, 3.05) is 6.54 Å². The van der Waals surface area contributed by atoms with Crippen LogP contribution in [0.3, 0.4) is 0 Å². The Hall–Kier alpha value is -1.09. The van der Waals surface area contributed by atoms with Crippen LogP contribution in [0.15, 0.2) is 36.4 Å². The molecule has 106 valence electrons. The van der Waals surface area contributed by atoms with E-state index in [-0.39, 0.29) is 5.82 Å². The molecular formula is C16H16Cl2FN. The minimum absolute atomic E-state index is 0.261. The molecule has 0 aliphatic rings. The lowest BCUT2D eigenvalue weighted by atomic mass is 10.0. The molecular weight excluding hydrogens is 296 g/mol. The van der Waals surface area contributed by atoms with Gasteiger partial charge in [0.15, 0.2) is 0 Å². The van der Waals surface area contributed by atoms with Crippen molar-refractivity contribution >= 4 is 23.2 Å². The van der Waals surface area contributed by atoms with Crippen molar-refractivity contribution < 1.29 is 4.39 Å². The van der Waals surface area contributed by atoms with E-state index in [0.29, 0.717) is 15.6 Å². The van der Waals surface area contributed by atoms with Gasteiger partial charge in [-0.3, -0.25) is 0 Å². The van der Waals surface area contributed by atoms with Gasteiger partial charge in [0.1, 0.15) is 5.82 Å². The number of hydrogen-bond acceptors (Lipinski definition) is 1. The smallest absolute Gasteiger partial charge is 0.131 e. The van der Waals surface area contributed by atoms with Gasteiger partial charge in [-0.2, -0.15) is 0 Å². The Labute approximate surface area is 128 Å². The van der Waals surface area contributed by atoms with E-state index >= 15 is 0 Å². The van der Waals surface area contributed by atoms with Crippen molar-refractivity contribution in [3.63, 3.8) is 0 Å². The van der Waals surface area contributed by atoms with E-state index in [4.69, 9.17) is 23.2 Å². The average molecular weight is 312 g/mol. The normalized spacial score (nSPS) is 10.8. The minimum Gasteiger partial charge on any atom is -0.313 e. The van der Waals surface area contributed by atoms with Gasteiger partial charge < -0.3 is 5.32 Å². The number of hydrogen-bond donors (Lipinski definition) is 1. The summed E-state index contributed by atoms with van der Waals surface area (Å²) in [6.45, 7) is 3.78. The molecule has 0 aliphatic heterocycles. The number of rotatable bonds is 5. The van der Waals surface area contributed by atoms with E-state index in [1.165, 1.54) is 6.07 Å². The lowest BCUT2D eigenvalue weighted by Gasteiger charge is -2.09. The molecule has 2 aromatic carbocycles. The van der Waals surface area contributed by atoms with Gasteiger partial charge in [0.25, 0.3) is 0 Å². The zero-order valence-corrected chi connectivity index (χ0v) is 12.7. The molecule has 0 fully saturated rings. The lowest BCUT2D eigenvalue weighted by Crippen LogP contribution is -2.13. The zero-order valence-electron chi connectivity index (χ0n) is 11.2. The number of nitrogens with one attached hydrogen (secondary N) is 1. The molecule has 0 amide bonds. The summed E-state index contributed by atoms with van der Waals surface area (Å²) in [6.07, 6.45) is 1.07. The van der Waals surface area contributed by atoms with Gasteiger partial charge >= 0.3 is 0 Å². The summed E-state index contributed by atoms with van der Waals surface area (Å²) in [7, 11) is 0. The van der Waals surface area contributed by atoms with Crippen molar-refractivity contribution in [2.24, 2.45) is 0 Å². The van der Waals surface area contributed by atoms with Crippen molar-refractivity contribution in [1.29, 1.82) is 0 Å². The first kappa shape index (κ1) is 15.3. The summed E-state index contributed by atoms with van der Waals surface area (Å²) in [5, 5.41) is 4.20. The summed E-state index contributed by atoms with van der Waals surface area (Å²) in [5.41, 5.74) is 2.31. The predicted molar refractivity (Wildman–Crippen MR) is 83.9 cm³/mol. The lowest BCUT2D eigenvalue weighted by molar-refractivity contribution is 0.628. The van der Waals surface area contributed by atoms with Crippen LogP contribution in [-0.4, -0.2) is 6.54 Å². The number of benzene rings is 2. The van der Waals surface area contributed by atoms with Crippen molar-refractivity contribution in [3.05, 3.63) is 57.8 Å². The predicted octanol–water partition coefficient (Wildman–Crippen LogP) is 5.30. The van der Waals surface area contributed by atoms with Crippen LogP contribution in [0.2, 0.25) is 10.0 Å². The van der Waals surface area contributed by atoms with E-state index < -0.39 is 0 Å². The first-order valence-corrected chi connectivity index (χ1v) is 7.32. The fourth-order valence-electron chi connectivity index (χ4n) is 1.98. The Balaban J connectivity index is 2.29. The zero-order chi connectivity index (χ0) is 14.5. The highest BCUT2D eigenvalue weighted by Crippen LogP contribution is 2.30. The second kappa shape index (κ2) is 7.07. The van der Waals surface area contributed by atoms with Gasteiger partial charge in [-0.25, -0.2) is 4.39 Å². The second-order valence-corrected chi connectivity index (χ2v) is 5.43. The van der Waals surface area contributed by atoms with E-state index in [9.17, 15) is 4.39 Å². The van der Waals surface area contributed by atoms with E-state index in [1.54, 1.807) is 24.3 Å². The van der Waals surface area contributed by atoms with Crippen LogP contribution in [0.5, 0.6) is 0 Å². The molecule has 0 spiro atoms. The Morgan fingerprint density at radius 2 is 1.85 bits per heavy atom. The molecule has 0 aromatic heterocycles. The monoisotopic (exact) mass is 311 g/mol. The van der Waals surface area contributed by atoms with Crippen LogP contribution in [-0.2, 0) is 6.54 Å². The first-order valence-electron chi connectivity index (χ1n) is 6.56. The third-order valence-electron chi connectivity index (χ3n) is 3.02. The van der Waals surface area contributed by atoms with Gasteiger partial charge in [0.2, 0.25) is 0 Å². The summed E-state index contributed by atoms with van der Waals surface area (Å²) in [5.74, 6) is -0.261. The second-order valence-electron chi connectivity index (χ2n) is 4.62.